The van der Waals surface area contributed by atoms with Crippen molar-refractivity contribution in [1.29, 1.82) is 0 Å². The molecular weight excluding hydrogens is 340 g/mol. The highest BCUT2D eigenvalue weighted by atomic mass is 35.5. The standard InChI is InChI=1S/C14H9Cl3FNO2/c15-9-2-3-10(16)13(17)8(9)6-19-12-5-7(14(20)21)1-4-11(12)18/h1-5,19H,6H2,(H,20,21). The van der Waals surface area contributed by atoms with E-state index in [-0.39, 0.29) is 22.8 Å². The molecule has 0 fully saturated rings. The van der Waals surface area contributed by atoms with E-state index >= 15 is 0 Å². The van der Waals surface area contributed by atoms with E-state index in [0.29, 0.717) is 15.6 Å². The molecule has 7 heteroatoms. The molecule has 21 heavy (non-hydrogen) atoms. The summed E-state index contributed by atoms with van der Waals surface area (Å²) >= 11 is 18.0. The molecule has 0 heterocycles. The minimum Gasteiger partial charge on any atom is -0.478 e. The summed E-state index contributed by atoms with van der Waals surface area (Å²) in [6.45, 7) is 0.109. The molecule has 2 N–H and O–H groups in total. The first kappa shape index (κ1) is 15.9. The van der Waals surface area contributed by atoms with Crippen molar-refractivity contribution in [2.24, 2.45) is 0 Å². The van der Waals surface area contributed by atoms with Crippen molar-refractivity contribution >= 4 is 46.5 Å². The van der Waals surface area contributed by atoms with Gasteiger partial charge in [0.2, 0.25) is 0 Å². The summed E-state index contributed by atoms with van der Waals surface area (Å²) in [5.41, 5.74) is 0.523. The highest BCUT2D eigenvalue weighted by Gasteiger charge is 2.12. The van der Waals surface area contributed by atoms with Gasteiger partial charge in [-0.1, -0.05) is 34.8 Å². The van der Waals surface area contributed by atoms with Crippen LogP contribution < -0.4 is 5.32 Å². The molecule has 0 amide bonds. The lowest BCUT2D eigenvalue weighted by Gasteiger charge is -2.12. The zero-order valence-electron chi connectivity index (χ0n) is 10.5. The first-order valence-corrected chi connectivity index (χ1v) is 6.92. The number of anilines is 1. The third-order valence-corrected chi connectivity index (χ3v) is 4.01. The number of hydrogen-bond acceptors (Lipinski definition) is 2. The maximum Gasteiger partial charge on any atom is 0.335 e. The Balaban J connectivity index is 2.26. The van der Waals surface area contributed by atoms with Crippen LogP contribution in [0.15, 0.2) is 30.3 Å². The van der Waals surface area contributed by atoms with E-state index < -0.39 is 11.8 Å². The molecule has 3 nitrogen and oxygen atoms in total. The summed E-state index contributed by atoms with van der Waals surface area (Å²) in [4.78, 5) is 10.9. The van der Waals surface area contributed by atoms with Gasteiger partial charge in [-0.2, -0.15) is 0 Å². The Kier molecular flexibility index (Phi) is 4.93. The van der Waals surface area contributed by atoms with Crippen LogP contribution in [0.4, 0.5) is 10.1 Å². The number of halogens is 4. The normalized spacial score (nSPS) is 10.5. The Labute approximate surface area is 135 Å². The average molecular weight is 349 g/mol. The predicted molar refractivity (Wildman–Crippen MR) is 82.2 cm³/mol. The van der Waals surface area contributed by atoms with Crippen LogP contribution in [0.2, 0.25) is 15.1 Å². The molecule has 2 rings (SSSR count). The second-order valence-corrected chi connectivity index (χ2v) is 5.37. The lowest BCUT2D eigenvalue weighted by Crippen LogP contribution is -2.05. The van der Waals surface area contributed by atoms with E-state index in [2.05, 4.69) is 5.32 Å². The van der Waals surface area contributed by atoms with E-state index in [1.54, 1.807) is 12.1 Å². The molecule has 0 saturated carbocycles. The van der Waals surface area contributed by atoms with E-state index in [1.165, 1.54) is 12.1 Å². The molecule has 0 atom stereocenters. The number of rotatable bonds is 4. The van der Waals surface area contributed by atoms with Crippen molar-refractivity contribution in [2.45, 2.75) is 6.54 Å². The van der Waals surface area contributed by atoms with E-state index in [4.69, 9.17) is 39.9 Å². The lowest BCUT2D eigenvalue weighted by atomic mass is 10.1. The van der Waals surface area contributed by atoms with Gasteiger partial charge in [0.1, 0.15) is 5.82 Å². The first-order valence-electron chi connectivity index (χ1n) is 5.79. The summed E-state index contributed by atoms with van der Waals surface area (Å²) in [6.07, 6.45) is 0. The smallest absolute Gasteiger partial charge is 0.335 e. The Bertz CT molecular complexity index is 707. The van der Waals surface area contributed by atoms with Crippen LogP contribution >= 0.6 is 34.8 Å². The molecule has 0 aliphatic carbocycles. The zero-order chi connectivity index (χ0) is 15.6. The number of aromatic carboxylic acids is 1. The Morgan fingerprint density at radius 3 is 2.48 bits per heavy atom. The molecule has 0 aliphatic heterocycles. The molecule has 2 aromatic carbocycles. The first-order chi connectivity index (χ1) is 9.90. The highest BCUT2D eigenvalue weighted by molar-refractivity contribution is 6.44. The quantitative estimate of drug-likeness (QED) is 0.756. The number of benzene rings is 2. The summed E-state index contributed by atoms with van der Waals surface area (Å²) in [7, 11) is 0. The summed E-state index contributed by atoms with van der Waals surface area (Å²) in [5.74, 6) is -1.72. The van der Waals surface area contributed by atoms with Crippen molar-refractivity contribution in [3.8, 4) is 0 Å². The molecule has 0 radical (unpaired) electrons. The maximum absolute atomic E-state index is 13.7. The van der Waals surface area contributed by atoms with Crippen LogP contribution in [0, 0.1) is 5.82 Å². The van der Waals surface area contributed by atoms with E-state index in [9.17, 15) is 9.18 Å². The predicted octanol–water partition coefficient (Wildman–Crippen LogP) is 5.10. The Morgan fingerprint density at radius 1 is 1.14 bits per heavy atom. The van der Waals surface area contributed by atoms with Gasteiger partial charge in [0.15, 0.2) is 0 Å². The van der Waals surface area contributed by atoms with Crippen molar-refractivity contribution in [3.05, 3.63) is 62.3 Å². The van der Waals surface area contributed by atoms with Gasteiger partial charge >= 0.3 is 5.97 Å². The van der Waals surface area contributed by atoms with E-state index in [0.717, 1.165) is 6.07 Å². The monoisotopic (exact) mass is 347 g/mol. The van der Waals surface area contributed by atoms with Crippen LogP contribution in [0.25, 0.3) is 0 Å². The third-order valence-electron chi connectivity index (χ3n) is 2.81. The minimum absolute atomic E-state index is 0.0258. The maximum atomic E-state index is 13.7. The number of carboxylic acids is 1. The molecular formula is C14H9Cl3FNO2. The Morgan fingerprint density at radius 2 is 1.81 bits per heavy atom. The number of nitrogens with one attached hydrogen (secondary N) is 1. The molecule has 0 bridgehead atoms. The van der Waals surface area contributed by atoms with Gasteiger partial charge in [-0.05, 0) is 30.3 Å². The SMILES string of the molecule is O=C(O)c1ccc(F)c(NCc2c(Cl)ccc(Cl)c2Cl)c1. The third kappa shape index (κ3) is 3.59. The highest BCUT2D eigenvalue weighted by Crippen LogP contribution is 2.32. The largest absolute Gasteiger partial charge is 0.478 e. The van der Waals surface area contributed by atoms with Crippen molar-refractivity contribution in [1.82, 2.24) is 0 Å². The van der Waals surface area contributed by atoms with Crippen LogP contribution in [0.5, 0.6) is 0 Å². The summed E-state index contributed by atoms with van der Waals surface area (Å²) < 4.78 is 13.7. The van der Waals surface area contributed by atoms with Crippen LogP contribution in [-0.2, 0) is 6.54 Å². The second-order valence-electron chi connectivity index (χ2n) is 4.18. The molecule has 110 valence electrons. The Hall–Kier alpha value is -1.49. The van der Waals surface area contributed by atoms with Gasteiger partial charge < -0.3 is 10.4 Å². The fourth-order valence-electron chi connectivity index (χ4n) is 1.71. The molecule has 0 aliphatic rings. The second kappa shape index (κ2) is 6.52. The van der Waals surface area contributed by atoms with Gasteiger partial charge in [0.05, 0.1) is 21.3 Å². The molecule has 0 aromatic heterocycles. The van der Waals surface area contributed by atoms with Gasteiger partial charge in [-0.3, -0.25) is 0 Å². The van der Waals surface area contributed by atoms with Crippen LogP contribution in [0.1, 0.15) is 15.9 Å². The van der Waals surface area contributed by atoms with E-state index in [1.807, 2.05) is 0 Å². The van der Waals surface area contributed by atoms with Gasteiger partial charge in [0, 0.05) is 17.1 Å². The molecule has 0 spiro atoms. The minimum atomic E-state index is -1.14. The van der Waals surface area contributed by atoms with Gasteiger partial charge in [-0.25, -0.2) is 9.18 Å². The number of carboxylic acid groups (broad SMARTS) is 1. The molecule has 2 aromatic rings. The van der Waals surface area contributed by atoms with Crippen LogP contribution in [-0.4, -0.2) is 11.1 Å². The fraction of sp³-hybridized carbons (Fsp3) is 0.0714. The number of carbonyl (C=O) groups is 1. The van der Waals surface area contributed by atoms with Crippen molar-refractivity contribution in [2.75, 3.05) is 5.32 Å². The zero-order valence-corrected chi connectivity index (χ0v) is 12.7. The van der Waals surface area contributed by atoms with Gasteiger partial charge in [0.25, 0.3) is 0 Å². The van der Waals surface area contributed by atoms with Gasteiger partial charge in [-0.15, -0.1) is 0 Å². The molecule has 0 unspecified atom stereocenters. The van der Waals surface area contributed by atoms with Crippen molar-refractivity contribution < 1.29 is 14.3 Å². The van der Waals surface area contributed by atoms with Crippen LogP contribution in [0.3, 0.4) is 0 Å². The average Bonchev–Trinajstić information content (AvgIpc) is 2.44. The molecule has 0 saturated heterocycles. The fourth-order valence-corrected chi connectivity index (χ4v) is 2.39. The summed E-state index contributed by atoms with van der Waals surface area (Å²) in [6, 6.07) is 6.59. The lowest BCUT2D eigenvalue weighted by molar-refractivity contribution is 0.0697. The summed E-state index contributed by atoms with van der Waals surface area (Å²) in [5, 5.41) is 12.6. The number of hydrogen-bond donors (Lipinski definition) is 2. The van der Waals surface area contributed by atoms with Crippen molar-refractivity contribution in [3.63, 3.8) is 0 Å². The topological polar surface area (TPSA) is 49.3 Å².